The molecule has 0 spiro atoms. The lowest BCUT2D eigenvalue weighted by atomic mass is 9.87. The fourth-order valence-electron chi connectivity index (χ4n) is 6.08. The molecule has 3 aromatic heterocycles. The van der Waals surface area contributed by atoms with Crippen LogP contribution in [0.2, 0.25) is 0 Å². The molecule has 4 aromatic carbocycles. The van der Waals surface area contributed by atoms with Gasteiger partial charge in [-0.25, -0.2) is 0 Å². The Bertz CT molecular complexity index is 2150. The fraction of sp³-hybridized carbons (Fsp3) is 0.256. The lowest BCUT2D eigenvalue weighted by Crippen LogP contribution is -2.21. The Morgan fingerprint density at radius 1 is 0.698 bits per heavy atom. The normalized spacial score (nSPS) is 13.4. The van der Waals surface area contributed by atoms with Gasteiger partial charge in [0.25, 0.3) is 0 Å². The molecule has 0 aliphatic rings. The number of pyridine rings is 1. The van der Waals surface area contributed by atoms with E-state index in [9.17, 15) is 0 Å². The van der Waals surface area contributed by atoms with Crippen molar-refractivity contribution < 1.29 is 9.15 Å². The first kappa shape index (κ1) is 27.3. The van der Waals surface area contributed by atoms with Gasteiger partial charge in [0, 0.05) is 50.9 Å². The predicted molar refractivity (Wildman–Crippen MR) is 179 cm³/mol. The molecule has 4 heteroatoms. The maximum atomic E-state index is 6.71. The number of fused-ring (bicyclic) bond motifs is 6. The molecule has 0 saturated heterocycles. The summed E-state index contributed by atoms with van der Waals surface area (Å²) in [4.78, 5) is 4.79. The Morgan fingerprint density at radius 3 is 2.19 bits per heavy atom. The number of benzene rings is 4. The van der Waals surface area contributed by atoms with Crippen LogP contribution in [0.25, 0.3) is 55.0 Å². The van der Waals surface area contributed by atoms with Crippen molar-refractivity contribution in [3.8, 4) is 22.8 Å². The molecule has 7 aromatic rings. The number of furan rings is 1. The van der Waals surface area contributed by atoms with E-state index in [1.54, 1.807) is 0 Å². The Labute approximate surface area is 252 Å². The summed E-state index contributed by atoms with van der Waals surface area (Å²) in [6.45, 7) is 15.9. The number of rotatable bonds is 4. The molecule has 0 aliphatic carbocycles. The third-order valence-corrected chi connectivity index (χ3v) is 8.91. The second-order valence-corrected chi connectivity index (χ2v) is 13.8. The van der Waals surface area contributed by atoms with Crippen molar-refractivity contribution in [1.29, 1.82) is 0 Å². The van der Waals surface area contributed by atoms with Crippen LogP contribution in [0.1, 0.15) is 60.1 Å². The molecule has 1 atom stereocenters. The van der Waals surface area contributed by atoms with Gasteiger partial charge in [-0.15, -0.1) is 0 Å². The zero-order valence-corrected chi connectivity index (χ0v) is 26.0. The van der Waals surface area contributed by atoms with Crippen LogP contribution in [0.15, 0.2) is 102 Å². The lowest BCUT2D eigenvalue weighted by Gasteiger charge is -2.30. The van der Waals surface area contributed by atoms with Crippen LogP contribution < -0.4 is 4.74 Å². The van der Waals surface area contributed by atoms with Crippen molar-refractivity contribution in [2.45, 2.75) is 59.9 Å². The van der Waals surface area contributed by atoms with E-state index >= 15 is 0 Å². The Kier molecular flexibility index (Phi) is 6.18. The topological polar surface area (TPSA) is 40.2 Å². The first-order chi connectivity index (χ1) is 20.5. The highest BCUT2D eigenvalue weighted by Gasteiger charge is 2.26. The van der Waals surface area contributed by atoms with Gasteiger partial charge in [-0.05, 0) is 71.8 Å². The van der Waals surface area contributed by atoms with Crippen LogP contribution in [0.4, 0.5) is 0 Å². The van der Waals surface area contributed by atoms with Gasteiger partial charge >= 0.3 is 0 Å². The Balaban J connectivity index is 1.41. The highest BCUT2D eigenvalue weighted by molar-refractivity contribution is 6.10. The molecule has 1 unspecified atom stereocenters. The number of ether oxygens (including phenoxy) is 1. The van der Waals surface area contributed by atoms with E-state index in [2.05, 4.69) is 126 Å². The van der Waals surface area contributed by atoms with Crippen LogP contribution in [0, 0.1) is 5.41 Å². The molecule has 0 aliphatic heterocycles. The molecule has 43 heavy (non-hydrogen) atoms. The minimum atomic E-state index is -0.00312. The molecule has 0 amide bonds. The summed E-state index contributed by atoms with van der Waals surface area (Å²) in [5.74, 6) is 1.55. The van der Waals surface area contributed by atoms with Crippen molar-refractivity contribution >= 4 is 43.7 Å². The molecule has 0 radical (unpaired) electrons. The predicted octanol–water partition coefficient (Wildman–Crippen LogP) is 11.5. The first-order valence-electron chi connectivity index (χ1n) is 15.1. The minimum Gasteiger partial charge on any atom is -0.457 e. The standard InChI is InChI=1S/C39H38N2O2/c1-24(38(2,3)4)41-34-14-10-8-12-28(34)29-17-16-26(23-35(29)41)42-27-21-31-30-13-9-11-15-36(30)43-37(31)32(22-27)33-20-25(18-19-40-33)39(5,6)7/h8-24H,1-7H3. The van der Waals surface area contributed by atoms with Crippen LogP contribution in [-0.4, -0.2) is 9.55 Å². The molecule has 0 N–H and O–H groups in total. The third kappa shape index (κ3) is 4.66. The molecule has 3 heterocycles. The summed E-state index contributed by atoms with van der Waals surface area (Å²) in [6, 6.07) is 32.0. The summed E-state index contributed by atoms with van der Waals surface area (Å²) in [5.41, 5.74) is 7.19. The second kappa shape index (κ2) is 9.74. The summed E-state index contributed by atoms with van der Waals surface area (Å²) < 4.78 is 15.6. The van der Waals surface area contributed by atoms with E-state index in [-0.39, 0.29) is 16.9 Å². The van der Waals surface area contributed by atoms with Gasteiger partial charge in [0.15, 0.2) is 0 Å². The third-order valence-electron chi connectivity index (χ3n) is 8.91. The molecule has 0 saturated carbocycles. The van der Waals surface area contributed by atoms with Crippen LogP contribution in [0.5, 0.6) is 11.5 Å². The number of para-hydroxylation sites is 2. The molecule has 216 valence electrons. The number of hydrogen-bond donors (Lipinski definition) is 0. The van der Waals surface area contributed by atoms with Gasteiger partial charge in [0.2, 0.25) is 0 Å². The Morgan fingerprint density at radius 2 is 1.42 bits per heavy atom. The van der Waals surface area contributed by atoms with Gasteiger partial charge in [-0.2, -0.15) is 0 Å². The highest BCUT2D eigenvalue weighted by atomic mass is 16.5. The van der Waals surface area contributed by atoms with Gasteiger partial charge < -0.3 is 13.7 Å². The molecule has 4 nitrogen and oxygen atoms in total. The van der Waals surface area contributed by atoms with Crippen LogP contribution >= 0.6 is 0 Å². The molecule has 7 rings (SSSR count). The molecular weight excluding hydrogens is 528 g/mol. The second-order valence-electron chi connectivity index (χ2n) is 13.8. The van der Waals surface area contributed by atoms with E-state index in [4.69, 9.17) is 14.1 Å². The first-order valence-corrected chi connectivity index (χ1v) is 15.1. The van der Waals surface area contributed by atoms with Gasteiger partial charge in [-0.3, -0.25) is 4.98 Å². The lowest BCUT2D eigenvalue weighted by molar-refractivity contribution is 0.273. The highest BCUT2D eigenvalue weighted by Crippen LogP contribution is 2.43. The van der Waals surface area contributed by atoms with Crippen molar-refractivity contribution in [1.82, 2.24) is 9.55 Å². The SMILES string of the molecule is CC(n1c2ccccc2c2ccc(Oc3cc(-c4cc(C(C)(C)C)ccn4)c4oc5ccccc5c4c3)cc21)C(C)(C)C. The largest absolute Gasteiger partial charge is 0.457 e. The fourth-order valence-corrected chi connectivity index (χ4v) is 6.08. The maximum Gasteiger partial charge on any atom is 0.145 e. The van der Waals surface area contributed by atoms with Gasteiger partial charge in [-0.1, -0.05) is 77.9 Å². The van der Waals surface area contributed by atoms with Crippen molar-refractivity contribution in [3.05, 3.63) is 103 Å². The molecular formula is C39H38N2O2. The molecule has 0 fully saturated rings. The van der Waals surface area contributed by atoms with E-state index in [1.807, 2.05) is 24.4 Å². The molecule has 0 bridgehead atoms. The van der Waals surface area contributed by atoms with Gasteiger partial charge in [0.1, 0.15) is 22.7 Å². The summed E-state index contributed by atoms with van der Waals surface area (Å²) in [7, 11) is 0. The number of aromatic nitrogens is 2. The van der Waals surface area contributed by atoms with Crippen molar-refractivity contribution in [3.63, 3.8) is 0 Å². The number of hydrogen-bond acceptors (Lipinski definition) is 3. The monoisotopic (exact) mass is 566 g/mol. The van der Waals surface area contributed by atoms with E-state index in [0.29, 0.717) is 0 Å². The number of nitrogens with zero attached hydrogens (tertiary/aromatic N) is 2. The smallest absolute Gasteiger partial charge is 0.145 e. The van der Waals surface area contributed by atoms with Crippen LogP contribution in [-0.2, 0) is 5.41 Å². The van der Waals surface area contributed by atoms with Gasteiger partial charge in [0.05, 0.1) is 11.2 Å². The summed E-state index contributed by atoms with van der Waals surface area (Å²) >= 11 is 0. The maximum absolute atomic E-state index is 6.71. The zero-order valence-electron chi connectivity index (χ0n) is 26.0. The average molecular weight is 567 g/mol. The zero-order chi connectivity index (χ0) is 30.1. The summed E-state index contributed by atoms with van der Waals surface area (Å²) in [6.07, 6.45) is 1.89. The van der Waals surface area contributed by atoms with E-state index < -0.39 is 0 Å². The van der Waals surface area contributed by atoms with Crippen molar-refractivity contribution in [2.75, 3.05) is 0 Å². The van der Waals surface area contributed by atoms with E-state index in [0.717, 1.165) is 44.7 Å². The Hall–Kier alpha value is -4.57. The van der Waals surface area contributed by atoms with E-state index in [1.165, 1.54) is 27.4 Å². The summed E-state index contributed by atoms with van der Waals surface area (Å²) in [5, 5.41) is 4.58. The average Bonchev–Trinajstić information content (AvgIpc) is 3.51. The van der Waals surface area contributed by atoms with Crippen LogP contribution in [0.3, 0.4) is 0 Å². The minimum absolute atomic E-state index is 0.00312. The van der Waals surface area contributed by atoms with Crippen molar-refractivity contribution in [2.24, 2.45) is 5.41 Å². The quantitative estimate of drug-likeness (QED) is 0.213.